The Morgan fingerprint density at radius 2 is 1.50 bits per heavy atom. The Morgan fingerprint density at radius 3 is 2.11 bits per heavy atom. The van der Waals surface area contributed by atoms with Crippen LogP contribution >= 0.6 is 0 Å². The second-order valence-electron chi connectivity index (χ2n) is 6.76. The highest BCUT2D eigenvalue weighted by Crippen LogP contribution is 2.25. The highest BCUT2D eigenvalue weighted by molar-refractivity contribution is 7.90. The van der Waals surface area contributed by atoms with E-state index in [0.29, 0.717) is 31.3 Å². The smallest absolute Gasteiger partial charge is 0.213 e. The lowest BCUT2D eigenvalue weighted by atomic mass is 10.0. The van der Waals surface area contributed by atoms with Crippen molar-refractivity contribution in [1.29, 1.82) is 0 Å². The number of ether oxygens (including phenoxy) is 3. The fourth-order valence-corrected chi connectivity index (χ4v) is 3.28. The lowest BCUT2D eigenvalue weighted by Gasteiger charge is -2.16. The Bertz CT molecular complexity index is 834. The summed E-state index contributed by atoms with van der Waals surface area (Å²) in [6.45, 7) is 6.48. The second kappa shape index (κ2) is 10.3. The van der Waals surface area contributed by atoms with Gasteiger partial charge in [-0.15, -0.1) is 0 Å². The quantitative estimate of drug-likeness (QED) is 0.576. The monoisotopic (exact) mass is 407 g/mol. The van der Waals surface area contributed by atoms with E-state index in [4.69, 9.17) is 14.2 Å². The minimum absolute atomic E-state index is 0.0662. The van der Waals surface area contributed by atoms with Crippen LogP contribution in [0.2, 0.25) is 0 Å². The van der Waals surface area contributed by atoms with E-state index >= 15 is 0 Å². The molecule has 0 amide bonds. The molecule has 0 saturated carbocycles. The van der Waals surface area contributed by atoms with Crippen molar-refractivity contribution in [1.82, 2.24) is 4.72 Å². The topological polar surface area (TPSA) is 73.9 Å². The Morgan fingerprint density at radius 1 is 0.893 bits per heavy atom. The van der Waals surface area contributed by atoms with Crippen molar-refractivity contribution in [2.75, 3.05) is 26.9 Å². The SMILES string of the molecule is COc1ccccc1OCCOc1ccc(C(C)CNS(=O)(=O)C(C)C)cc1. The first-order chi connectivity index (χ1) is 13.3. The van der Waals surface area contributed by atoms with Crippen molar-refractivity contribution < 1.29 is 22.6 Å². The number of hydrogen-bond donors (Lipinski definition) is 1. The molecule has 0 bridgehead atoms. The van der Waals surface area contributed by atoms with Crippen molar-refractivity contribution in [3.63, 3.8) is 0 Å². The number of methoxy groups -OCH3 is 1. The number of rotatable bonds is 11. The van der Waals surface area contributed by atoms with E-state index in [0.717, 1.165) is 11.3 Å². The Labute approximate surface area is 167 Å². The molecule has 2 aromatic rings. The first-order valence-corrected chi connectivity index (χ1v) is 10.8. The zero-order valence-corrected chi connectivity index (χ0v) is 17.7. The fraction of sp³-hybridized carbons (Fsp3) is 0.429. The standard InChI is InChI=1S/C21H29NO5S/c1-16(2)28(23,24)22-15-17(3)18-9-11-19(12-10-18)26-13-14-27-21-8-6-5-7-20(21)25-4/h5-12,16-17,22H,13-15H2,1-4H3. The van der Waals surface area contributed by atoms with E-state index in [1.54, 1.807) is 21.0 Å². The second-order valence-corrected chi connectivity index (χ2v) is 9.08. The predicted molar refractivity (Wildman–Crippen MR) is 111 cm³/mol. The lowest BCUT2D eigenvalue weighted by molar-refractivity contribution is 0.211. The summed E-state index contributed by atoms with van der Waals surface area (Å²) in [5, 5.41) is -0.437. The van der Waals surface area contributed by atoms with Crippen molar-refractivity contribution in [2.45, 2.75) is 31.9 Å². The molecule has 7 heteroatoms. The van der Waals surface area contributed by atoms with Crippen LogP contribution < -0.4 is 18.9 Å². The molecule has 2 aromatic carbocycles. The first-order valence-electron chi connectivity index (χ1n) is 9.30. The van der Waals surface area contributed by atoms with E-state index in [2.05, 4.69) is 4.72 Å². The average molecular weight is 408 g/mol. The maximum absolute atomic E-state index is 11.9. The summed E-state index contributed by atoms with van der Waals surface area (Å²) < 4.78 is 43.0. The minimum atomic E-state index is -3.25. The van der Waals surface area contributed by atoms with Crippen LogP contribution in [-0.2, 0) is 10.0 Å². The molecule has 154 valence electrons. The van der Waals surface area contributed by atoms with Crippen LogP contribution in [0.25, 0.3) is 0 Å². The largest absolute Gasteiger partial charge is 0.493 e. The molecule has 28 heavy (non-hydrogen) atoms. The number of sulfonamides is 1. The third-order valence-corrected chi connectivity index (χ3v) is 6.15. The van der Waals surface area contributed by atoms with Crippen LogP contribution in [0.5, 0.6) is 17.2 Å². The van der Waals surface area contributed by atoms with E-state index in [1.165, 1.54) is 0 Å². The van der Waals surface area contributed by atoms with Gasteiger partial charge in [-0.1, -0.05) is 31.2 Å². The zero-order chi connectivity index (χ0) is 20.6. The summed E-state index contributed by atoms with van der Waals surface area (Å²) >= 11 is 0. The highest BCUT2D eigenvalue weighted by Gasteiger charge is 2.17. The highest BCUT2D eigenvalue weighted by atomic mass is 32.2. The third-order valence-electron chi connectivity index (χ3n) is 4.34. The summed E-state index contributed by atoms with van der Waals surface area (Å²) in [6.07, 6.45) is 0. The van der Waals surface area contributed by atoms with Gasteiger partial charge >= 0.3 is 0 Å². The van der Waals surface area contributed by atoms with Crippen LogP contribution in [0, 0.1) is 0 Å². The van der Waals surface area contributed by atoms with E-state index in [-0.39, 0.29) is 5.92 Å². The molecular weight excluding hydrogens is 378 g/mol. The summed E-state index contributed by atoms with van der Waals surface area (Å²) in [6, 6.07) is 15.1. The van der Waals surface area contributed by atoms with Gasteiger partial charge in [-0.25, -0.2) is 13.1 Å². The molecule has 0 aliphatic carbocycles. The van der Waals surface area contributed by atoms with Gasteiger partial charge in [-0.2, -0.15) is 0 Å². The molecule has 1 unspecified atom stereocenters. The molecule has 1 atom stereocenters. The number of nitrogens with one attached hydrogen (secondary N) is 1. The van der Waals surface area contributed by atoms with Crippen molar-refractivity contribution in [3.8, 4) is 17.2 Å². The maximum Gasteiger partial charge on any atom is 0.213 e. The Balaban J connectivity index is 1.79. The molecule has 6 nitrogen and oxygen atoms in total. The molecule has 0 spiro atoms. The number of hydrogen-bond acceptors (Lipinski definition) is 5. The normalized spacial score (nSPS) is 12.6. The molecule has 0 radical (unpaired) electrons. The van der Waals surface area contributed by atoms with Gasteiger partial charge in [-0.05, 0) is 49.6 Å². The average Bonchev–Trinajstić information content (AvgIpc) is 2.70. The van der Waals surface area contributed by atoms with Gasteiger partial charge in [0.2, 0.25) is 10.0 Å². The Kier molecular flexibility index (Phi) is 8.14. The fourth-order valence-electron chi connectivity index (χ4n) is 2.47. The zero-order valence-electron chi connectivity index (χ0n) is 16.8. The van der Waals surface area contributed by atoms with Crippen molar-refractivity contribution in [2.24, 2.45) is 0 Å². The van der Waals surface area contributed by atoms with Gasteiger partial charge in [0.15, 0.2) is 11.5 Å². The van der Waals surface area contributed by atoms with Crippen LogP contribution in [0.15, 0.2) is 48.5 Å². The van der Waals surface area contributed by atoms with Crippen molar-refractivity contribution >= 4 is 10.0 Å². The summed E-state index contributed by atoms with van der Waals surface area (Å²) in [5.74, 6) is 2.18. The number of para-hydroxylation sites is 2. The molecule has 0 aliphatic heterocycles. The van der Waals surface area contributed by atoms with Gasteiger partial charge in [-0.3, -0.25) is 0 Å². The minimum Gasteiger partial charge on any atom is -0.493 e. The van der Waals surface area contributed by atoms with Gasteiger partial charge in [0.1, 0.15) is 19.0 Å². The van der Waals surface area contributed by atoms with Crippen LogP contribution in [0.3, 0.4) is 0 Å². The summed E-state index contributed by atoms with van der Waals surface area (Å²) in [5.41, 5.74) is 1.05. The van der Waals surface area contributed by atoms with Crippen molar-refractivity contribution in [3.05, 3.63) is 54.1 Å². The van der Waals surface area contributed by atoms with Gasteiger partial charge in [0.25, 0.3) is 0 Å². The van der Waals surface area contributed by atoms with E-state index in [1.807, 2.05) is 55.5 Å². The summed E-state index contributed by atoms with van der Waals surface area (Å²) in [7, 11) is -1.64. The molecule has 0 saturated heterocycles. The summed E-state index contributed by atoms with van der Waals surface area (Å²) in [4.78, 5) is 0. The molecular formula is C21H29NO5S. The van der Waals surface area contributed by atoms with E-state index in [9.17, 15) is 8.42 Å². The van der Waals surface area contributed by atoms with Crippen LogP contribution in [0.4, 0.5) is 0 Å². The molecule has 0 fully saturated rings. The first kappa shape index (κ1) is 22.0. The predicted octanol–water partition coefficient (Wildman–Crippen LogP) is 3.58. The van der Waals surface area contributed by atoms with Gasteiger partial charge in [0, 0.05) is 6.54 Å². The van der Waals surface area contributed by atoms with E-state index < -0.39 is 15.3 Å². The van der Waals surface area contributed by atoms with Crippen LogP contribution in [0.1, 0.15) is 32.3 Å². The molecule has 0 heterocycles. The third kappa shape index (κ3) is 6.42. The maximum atomic E-state index is 11.9. The van der Waals surface area contributed by atoms with Gasteiger partial charge < -0.3 is 14.2 Å². The van der Waals surface area contributed by atoms with Gasteiger partial charge in [0.05, 0.1) is 12.4 Å². The molecule has 1 N–H and O–H groups in total. The van der Waals surface area contributed by atoms with Crippen LogP contribution in [-0.4, -0.2) is 40.5 Å². The molecule has 0 aromatic heterocycles. The molecule has 2 rings (SSSR count). The lowest BCUT2D eigenvalue weighted by Crippen LogP contribution is -2.33. The Hall–Kier alpha value is -2.25. The molecule has 0 aliphatic rings. The number of benzene rings is 2.